The van der Waals surface area contributed by atoms with Gasteiger partial charge in [0.25, 0.3) is 11.6 Å². The summed E-state index contributed by atoms with van der Waals surface area (Å²) in [6.45, 7) is 0. The zero-order chi connectivity index (χ0) is 19.6. The number of nitro groups is 1. The molecule has 136 valence electrons. The van der Waals surface area contributed by atoms with Crippen LogP contribution in [0, 0.1) is 10.1 Å². The molecule has 1 heterocycles. The number of hydrogen-bond donors (Lipinski definition) is 2. The van der Waals surface area contributed by atoms with Gasteiger partial charge in [0.1, 0.15) is 0 Å². The number of non-ortho nitro benzene ring substituents is 1. The van der Waals surface area contributed by atoms with E-state index in [9.17, 15) is 19.7 Å². The number of primary amides is 1. The number of nitro benzene ring substituents is 1. The van der Waals surface area contributed by atoms with E-state index in [-0.39, 0.29) is 27.7 Å². The molecule has 0 saturated heterocycles. The number of halogens is 1. The van der Waals surface area contributed by atoms with Crippen LogP contribution in [0.1, 0.15) is 20.8 Å². The van der Waals surface area contributed by atoms with E-state index < -0.39 is 16.7 Å². The van der Waals surface area contributed by atoms with E-state index in [2.05, 4.69) is 10.4 Å². The Morgan fingerprint density at radius 2 is 1.85 bits per heavy atom. The van der Waals surface area contributed by atoms with Crippen molar-refractivity contribution in [2.45, 2.75) is 0 Å². The van der Waals surface area contributed by atoms with E-state index in [1.807, 2.05) is 0 Å². The molecule has 1 aromatic heterocycles. The highest BCUT2D eigenvalue weighted by atomic mass is 35.5. The quantitative estimate of drug-likeness (QED) is 0.514. The molecule has 0 atom stereocenters. The third-order valence-corrected chi connectivity index (χ3v) is 3.98. The van der Waals surface area contributed by atoms with Crippen LogP contribution < -0.4 is 11.1 Å². The van der Waals surface area contributed by atoms with Crippen molar-refractivity contribution in [2.75, 3.05) is 5.32 Å². The van der Waals surface area contributed by atoms with E-state index >= 15 is 0 Å². The van der Waals surface area contributed by atoms with Crippen LogP contribution in [-0.2, 0) is 0 Å². The number of rotatable bonds is 5. The monoisotopic (exact) mass is 385 g/mol. The minimum atomic E-state index is -0.649. The molecule has 10 heteroatoms. The standard InChI is InChI=1S/C17H12ClN5O4/c18-13-6-1-10(16(19)24)9-15(13)20-17(25)14-7-8-22(21-14)11-2-4-12(5-3-11)23(26)27/h1-9H,(H2,19,24)(H,20,25). The molecule has 2 aromatic carbocycles. The van der Waals surface area contributed by atoms with Gasteiger partial charge in [0.05, 0.1) is 21.3 Å². The molecule has 0 unspecified atom stereocenters. The van der Waals surface area contributed by atoms with Crippen molar-refractivity contribution in [3.8, 4) is 5.69 Å². The van der Waals surface area contributed by atoms with E-state index in [4.69, 9.17) is 17.3 Å². The van der Waals surface area contributed by atoms with Gasteiger partial charge in [-0.05, 0) is 36.4 Å². The minimum Gasteiger partial charge on any atom is -0.366 e. The van der Waals surface area contributed by atoms with Crippen LogP contribution in [-0.4, -0.2) is 26.5 Å². The Bertz CT molecular complexity index is 1050. The lowest BCUT2D eigenvalue weighted by Crippen LogP contribution is -2.15. The molecule has 0 radical (unpaired) electrons. The number of benzene rings is 2. The molecule has 3 rings (SSSR count). The second-order valence-electron chi connectivity index (χ2n) is 5.43. The molecule has 3 N–H and O–H groups in total. The van der Waals surface area contributed by atoms with Crippen molar-refractivity contribution in [1.29, 1.82) is 0 Å². The maximum atomic E-state index is 12.4. The third kappa shape index (κ3) is 3.93. The van der Waals surface area contributed by atoms with Gasteiger partial charge in [-0.15, -0.1) is 0 Å². The van der Waals surface area contributed by atoms with Crippen LogP contribution >= 0.6 is 11.6 Å². The molecular weight excluding hydrogens is 374 g/mol. The number of nitrogens with one attached hydrogen (secondary N) is 1. The van der Waals surface area contributed by atoms with E-state index in [0.29, 0.717) is 5.69 Å². The number of nitrogens with two attached hydrogens (primary N) is 1. The molecule has 0 spiro atoms. The number of aromatic nitrogens is 2. The molecule has 0 bridgehead atoms. The maximum absolute atomic E-state index is 12.4. The average molecular weight is 386 g/mol. The molecule has 3 aromatic rings. The largest absolute Gasteiger partial charge is 0.366 e. The Morgan fingerprint density at radius 1 is 1.15 bits per heavy atom. The predicted molar refractivity (Wildman–Crippen MR) is 98.1 cm³/mol. The number of anilines is 1. The molecule has 0 aliphatic carbocycles. The topological polar surface area (TPSA) is 133 Å². The average Bonchev–Trinajstić information content (AvgIpc) is 3.13. The first kappa shape index (κ1) is 18.1. The van der Waals surface area contributed by atoms with Gasteiger partial charge >= 0.3 is 0 Å². The molecular formula is C17H12ClN5O4. The fourth-order valence-corrected chi connectivity index (χ4v) is 2.44. The number of amides is 2. The minimum absolute atomic E-state index is 0.0483. The summed E-state index contributed by atoms with van der Waals surface area (Å²) in [6, 6.07) is 11.5. The van der Waals surface area contributed by atoms with Crippen LogP contribution in [0.15, 0.2) is 54.7 Å². The summed E-state index contributed by atoms with van der Waals surface area (Å²) in [5.74, 6) is -1.19. The SMILES string of the molecule is NC(=O)c1ccc(Cl)c(NC(=O)c2ccn(-c3ccc([N+](=O)[O-])cc3)n2)c1. The highest BCUT2D eigenvalue weighted by Crippen LogP contribution is 2.23. The Hall–Kier alpha value is -3.72. The molecule has 0 aliphatic heterocycles. The van der Waals surface area contributed by atoms with Gasteiger partial charge in [0.15, 0.2) is 5.69 Å². The first-order chi connectivity index (χ1) is 12.8. The van der Waals surface area contributed by atoms with Gasteiger partial charge in [0, 0.05) is 23.9 Å². The van der Waals surface area contributed by atoms with Gasteiger partial charge in [-0.1, -0.05) is 11.6 Å². The summed E-state index contributed by atoms with van der Waals surface area (Å²) in [5, 5.41) is 17.6. The Morgan fingerprint density at radius 3 is 2.48 bits per heavy atom. The van der Waals surface area contributed by atoms with Crippen molar-refractivity contribution in [3.63, 3.8) is 0 Å². The smallest absolute Gasteiger partial charge is 0.276 e. The Kier molecular flexibility index (Phi) is 4.86. The van der Waals surface area contributed by atoms with Crippen LogP contribution in [0.2, 0.25) is 5.02 Å². The fraction of sp³-hybridized carbons (Fsp3) is 0. The predicted octanol–water partition coefficient (Wildman–Crippen LogP) is 2.79. The second-order valence-corrected chi connectivity index (χ2v) is 5.84. The second kappa shape index (κ2) is 7.26. The summed E-state index contributed by atoms with van der Waals surface area (Å²) in [5.41, 5.74) is 6.24. The lowest BCUT2D eigenvalue weighted by molar-refractivity contribution is -0.384. The Labute approximate surface area is 157 Å². The number of carbonyl (C=O) groups excluding carboxylic acids is 2. The summed E-state index contributed by atoms with van der Waals surface area (Å²) in [7, 11) is 0. The van der Waals surface area contributed by atoms with Gasteiger partial charge in [-0.2, -0.15) is 5.10 Å². The fourth-order valence-electron chi connectivity index (χ4n) is 2.28. The van der Waals surface area contributed by atoms with Crippen LogP contribution in [0.3, 0.4) is 0 Å². The first-order valence-electron chi connectivity index (χ1n) is 7.56. The van der Waals surface area contributed by atoms with Crippen molar-refractivity contribution < 1.29 is 14.5 Å². The maximum Gasteiger partial charge on any atom is 0.276 e. The Balaban J connectivity index is 1.80. The van der Waals surface area contributed by atoms with Crippen molar-refractivity contribution >= 4 is 34.8 Å². The molecule has 9 nitrogen and oxygen atoms in total. The van der Waals surface area contributed by atoms with E-state index in [1.54, 1.807) is 0 Å². The van der Waals surface area contributed by atoms with Crippen molar-refractivity contribution in [3.05, 3.63) is 81.1 Å². The zero-order valence-corrected chi connectivity index (χ0v) is 14.4. The number of nitrogens with zero attached hydrogens (tertiary/aromatic N) is 3. The molecule has 27 heavy (non-hydrogen) atoms. The van der Waals surface area contributed by atoms with Crippen LogP contribution in [0.25, 0.3) is 5.69 Å². The van der Waals surface area contributed by atoms with Crippen LogP contribution in [0.4, 0.5) is 11.4 Å². The lowest BCUT2D eigenvalue weighted by Gasteiger charge is -2.07. The van der Waals surface area contributed by atoms with Crippen molar-refractivity contribution in [2.24, 2.45) is 5.73 Å². The van der Waals surface area contributed by atoms with Gasteiger partial charge in [0.2, 0.25) is 5.91 Å². The van der Waals surface area contributed by atoms with Gasteiger partial charge < -0.3 is 11.1 Å². The molecule has 2 amide bonds. The third-order valence-electron chi connectivity index (χ3n) is 3.65. The zero-order valence-electron chi connectivity index (χ0n) is 13.6. The lowest BCUT2D eigenvalue weighted by atomic mass is 10.2. The summed E-state index contributed by atoms with van der Waals surface area (Å²) in [4.78, 5) is 33.8. The summed E-state index contributed by atoms with van der Waals surface area (Å²) >= 11 is 6.03. The first-order valence-corrected chi connectivity index (χ1v) is 7.94. The highest BCUT2D eigenvalue weighted by Gasteiger charge is 2.14. The molecule has 0 saturated carbocycles. The number of carbonyl (C=O) groups is 2. The summed E-state index contributed by atoms with van der Waals surface area (Å²) < 4.78 is 1.40. The van der Waals surface area contributed by atoms with Gasteiger partial charge in [-0.3, -0.25) is 19.7 Å². The number of hydrogen-bond acceptors (Lipinski definition) is 5. The van der Waals surface area contributed by atoms with E-state index in [1.165, 1.54) is 59.4 Å². The molecule has 0 aliphatic rings. The van der Waals surface area contributed by atoms with Crippen LogP contribution in [0.5, 0.6) is 0 Å². The normalized spacial score (nSPS) is 10.4. The van der Waals surface area contributed by atoms with E-state index in [0.717, 1.165) is 0 Å². The van der Waals surface area contributed by atoms with Gasteiger partial charge in [-0.25, -0.2) is 4.68 Å². The summed E-state index contributed by atoms with van der Waals surface area (Å²) in [6.07, 6.45) is 1.54. The molecule has 0 fully saturated rings. The van der Waals surface area contributed by atoms with Crippen molar-refractivity contribution in [1.82, 2.24) is 9.78 Å². The highest BCUT2D eigenvalue weighted by molar-refractivity contribution is 6.34.